The zero-order valence-electron chi connectivity index (χ0n) is 17.4. The van der Waals surface area contributed by atoms with E-state index >= 15 is 0 Å². The smallest absolute Gasteiger partial charge is 0.335 e. The van der Waals surface area contributed by atoms with Crippen molar-refractivity contribution < 1.29 is 19.9 Å². The number of nitrogens with zero attached hydrogens (tertiary/aromatic N) is 1. The number of non-ortho nitro benzene ring substituents is 1. The molecule has 1 aromatic rings. The van der Waals surface area contributed by atoms with Crippen LogP contribution in [0.5, 0.6) is 0 Å². The zero-order chi connectivity index (χ0) is 21.1. The Morgan fingerprint density at radius 2 is 1.15 bits per heavy atom. The van der Waals surface area contributed by atoms with Gasteiger partial charge in [-0.3, -0.25) is 10.1 Å². The normalized spacial score (nSPS) is 12.8. The summed E-state index contributed by atoms with van der Waals surface area (Å²) in [6.45, 7) is 19.0. The van der Waals surface area contributed by atoms with Crippen LogP contribution in [0.4, 0.5) is 5.69 Å². The summed E-state index contributed by atoms with van der Waals surface area (Å²) >= 11 is 0. The fraction of sp³-hybridized carbons (Fsp3) is 0.650. The third kappa shape index (κ3) is 5.27. The lowest BCUT2D eigenvalue weighted by molar-refractivity contribution is -0.384. The Kier molecular flexibility index (Phi) is 7.16. The summed E-state index contributed by atoms with van der Waals surface area (Å²) in [7, 11) is 0. The minimum Gasteiger partial charge on any atom is -0.478 e. The highest BCUT2D eigenvalue weighted by Gasteiger charge is 2.56. The number of carboxylic acid groups (broad SMARTS) is 1. The molecular weight excluding hydrogens is 334 g/mol. The first-order valence-electron chi connectivity index (χ1n) is 8.56. The van der Waals surface area contributed by atoms with Crippen molar-refractivity contribution in [3.8, 4) is 0 Å². The number of carboxylic acids is 1. The highest BCUT2D eigenvalue weighted by molar-refractivity contribution is 5.87. The summed E-state index contributed by atoms with van der Waals surface area (Å²) in [5.74, 6) is -1.09. The van der Waals surface area contributed by atoms with Gasteiger partial charge in [-0.2, -0.15) is 0 Å². The van der Waals surface area contributed by atoms with E-state index < -0.39 is 16.5 Å². The average molecular weight is 367 g/mol. The summed E-state index contributed by atoms with van der Waals surface area (Å²) in [6.07, 6.45) is 0. The van der Waals surface area contributed by atoms with Gasteiger partial charge in [0.05, 0.1) is 16.1 Å². The standard InChI is InChI=1S/C13H28O.C7H5NO4/c1-10(2,3)13(14,11(4,5)6)12(7,8)9;9-7(10)5-1-3-6(4-2-5)8(11)12/h14H,1-9H3;1-4H,(H,9,10). The zero-order valence-corrected chi connectivity index (χ0v) is 17.4. The fourth-order valence-electron chi connectivity index (χ4n) is 4.10. The number of benzene rings is 1. The Morgan fingerprint density at radius 3 is 1.31 bits per heavy atom. The van der Waals surface area contributed by atoms with Crippen molar-refractivity contribution in [2.45, 2.75) is 67.9 Å². The van der Waals surface area contributed by atoms with Crippen LogP contribution >= 0.6 is 0 Å². The predicted octanol–water partition coefficient (Wildman–Crippen LogP) is 5.15. The number of nitro benzene ring substituents is 1. The van der Waals surface area contributed by atoms with Crippen LogP contribution in [0.1, 0.15) is 72.7 Å². The lowest BCUT2D eigenvalue weighted by Crippen LogP contribution is -2.61. The van der Waals surface area contributed by atoms with E-state index in [0.29, 0.717) is 0 Å². The maximum absolute atomic E-state index is 11.0. The lowest BCUT2D eigenvalue weighted by Gasteiger charge is -2.57. The molecular formula is C20H33NO5. The van der Waals surface area contributed by atoms with Gasteiger partial charge in [-0.05, 0) is 28.4 Å². The number of nitro groups is 1. The number of rotatable bonds is 2. The van der Waals surface area contributed by atoms with E-state index in [1.54, 1.807) is 0 Å². The first-order chi connectivity index (χ1) is 11.4. The molecule has 0 heterocycles. The van der Waals surface area contributed by atoms with Gasteiger partial charge in [0.15, 0.2) is 0 Å². The molecule has 26 heavy (non-hydrogen) atoms. The molecule has 1 aromatic carbocycles. The third-order valence-corrected chi connectivity index (χ3v) is 4.58. The van der Waals surface area contributed by atoms with Gasteiger partial charge in [0.1, 0.15) is 0 Å². The second kappa shape index (κ2) is 7.74. The monoisotopic (exact) mass is 367 g/mol. The average Bonchev–Trinajstić information content (AvgIpc) is 2.43. The van der Waals surface area contributed by atoms with Gasteiger partial charge in [-0.15, -0.1) is 0 Å². The maximum atomic E-state index is 11.0. The molecule has 0 fully saturated rings. The SMILES string of the molecule is CC(C)(C)C(O)(C(C)(C)C)C(C)(C)C.O=C(O)c1ccc([N+](=O)[O-])cc1. The van der Waals surface area contributed by atoms with Crippen molar-refractivity contribution in [1.82, 2.24) is 0 Å². The van der Waals surface area contributed by atoms with Crippen molar-refractivity contribution in [3.05, 3.63) is 39.9 Å². The van der Waals surface area contributed by atoms with Crippen LogP contribution in [0.15, 0.2) is 24.3 Å². The molecule has 0 atom stereocenters. The largest absolute Gasteiger partial charge is 0.478 e. The van der Waals surface area contributed by atoms with Gasteiger partial charge in [0.2, 0.25) is 0 Å². The fourth-order valence-corrected chi connectivity index (χ4v) is 4.10. The van der Waals surface area contributed by atoms with E-state index in [4.69, 9.17) is 5.11 Å². The van der Waals surface area contributed by atoms with Crippen molar-refractivity contribution in [1.29, 1.82) is 0 Å². The highest BCUT2D eigenvalue weighted by Crippen LogP contribution is 2.53. The van der Waals surface area contributed by atoms with E-state index in [1.807, 2.05) is 0 Å². The second-order valence-electron chi connectivity index (χ2n) is 9.57. The van der Waals surface area contributed by atoms with E-state index in [0.717, 1.165) is 12.1 Å². The Morgan fingerprint density at radius 1 is 0.846 bits per heavy atom. The van der Waals surface area contributed by atoms with Crippen molar-refractivity contribution in [2.75, 3.05) is 0 Å². The second-order valence-corrected chi connectivity index (χ2v) is 9.57. The molecule has 1 rings (SSSR count). The molecule has 0 aliphatic rings. The van der Waals surface area contributed by atoms with E-state index in [9.17, 15) is 20.0 Å². The number of hydrogen-bond acceptors (Lipinski definition) is 4. The number of carbonyl (C=O) groups is 1. The Balaban J connectivity index is 0.000000485. The predicted molar refractivity (Wildman–Crippen MR) is 103 cm³/mol. The van der Waals surface area contributed by atoms with E-state index in [1.165, 1.54) is 12.1 Å². The van der Waals surface area contributed by atoms with E-state index in [2.05, 4.69) is 62.3 Å². The Hall–Kier alpha value is -1.95. The van der Waals surface area contributed by atoms with Crippen LogP contribution in [0, 0.1) is 26.4 Å². The first kappa shape index (κ1) is 24.1. The molecule has 0 saturated heterocycles. The van der Waals surface area contributed by atoms with Crippen LogP contribution in [0.3, 0.4) is 0 Å². The Labute approximate surface area is 156 Å². The first-order valence-corrected chi connectivity index (χ1v) is 8.56. The molecule has 0 radical (unpaired) electrons. The molecule has 0 unspecified atom stereocenters. The molecule has 0 spiro atoms. The molecule has 0 amide bonds. The number of aromatic carboxylic acids is 1. The molecule has 6 heteroatoms. The van der Waals surface area contributed by atoms with Gasteiger partial charge in [-0.25, -0.2) is 4.79 Å². The molecule has 0 aliphatic carbocycles. The topological polar surface area (TPSA) is 101 Å². The van der Waals surface area contributed by atoms with E-state index in [-0.39, 0.29) is 27.5 Å². The number of aliphatic hydroxyl groups is 1. The van der Waals surface area contributed by atoms with Gasteiger partial charge >= 0.3 is 5.97 Å². The summed E-state index contributed by atoms with van der Waals surface area (Å²) in [4.78, 5) is 19.9. The highest BCUT2D eigenvalue weighted by atomic mass is 16.6. The maximum Gasteiger partial charge on any atom is 0.335 e. The van der Waals surface area contributed by atoms with Crippen LogP contribution in [0.25, 0.3) is 0 Å². The van der Waals surface area contributed by atoms with Gasteiger partial charge < -0.3 is 10.2 Å². The van der Waals surface area contributed by atoms with Crippen LogP contribution in [0.2, 0.25) is 0 Å². The third-order valence-electron chi connectivity index (χ3n) is 4.58. The van der Waals surface area contributed by atoms with Crippen LogP contribution in [-0.4, -0.2) is 26.7 Å². The van der Waals surface area contributed by atoms with Crippen molar-refractivity contribution in [3.63, 3.8) is 0 Å². The van der Waals surface area contributed by atoms with Crippen LogP contribution < -0.4 is 0 Å². The van der Waals surface area contributed by atoms with Gasteiger partial charge in [0.25, 0.3) is 5.69 Å². The summed E-state index contributed by atoms with van der Waals surface area (Å²) in [6, 6.07) is 4.70. The van der Waals surface area contributed by atoms with Gasteiger partial charge in [-0.1, -0.05) is 62.3 Å². The molecule has 0 aromatic heterocycles. The molecule has 0 saturated carbocycles. The summed E-state index contributed by atoms with van der Waals surface area (Å²) < 4.78 is 0. The van der Waals surface area contributed by atoms with Crippen molar-refractivity contribution >= 4 is 11.7 Å². The lowest BCUT2D eigenvalue weighted by atomic mass is 9.52. The van der Waals surface area contributed by atoms with Gasteiger partial charge in [0, 0.05) is 12.1 Å². The van der Waals surface area contributed by atoms with Crippen LogP contribution in [-0.2, 0) is 0 Å². The number of hydrogen-bond donors (Lipinski definition) is 2. The molecule has 2 N–H and O–H groups in total. The van der Waals surface area contributed by atoms with Crippen molar-refractivity contribution in [2.24, 2.45) is 16.2 Å². The molecule has 148 valence electrons. The molecule has 0 aliphatic heterocycles. The minimum atomic E-state index is -1.09. The molecule has 6 nitrogen and oxygen atoms in total. The molecule has 0 bridgehead atoms. The summed E-state index contributed by atoms with van der Waals surface area (Å²) in [5, 5.41) is 29.6. The minimum absolute atomic E-state index is 0.0422. The Bertz CT molecular complexity index is 559. The summed E-state index contributed by atoms with van der Waals surface area (Å²) in [5.41, 5.74) is -1.12. The quantitative estimate of drug-likeness (QED) is 0.556.